The van der Waals surface area contributed by atoms with E-state index in [1.165, 1.54) is 0 Å². The van der Waals surface area contributed by atoms with E-state index in [1.807, 2.05) is 18.2 Å². The molecule has 1 N–H and O–H groups in total. The Morgan fingerprint density at radius 1 is 1.05 bits per heavy atom. The predicted octanol–water partition coefficient (Wildman–Crippen LogP) is 5.37. The molecule has 8 heteroatoms. The summed E-state index contributed by atoms with van der Waals surface area (Å²) in [5.74, 6) is 0. The van der Waals surface area contributed by atoms with Crippen LogP contribution in [0, 0.1) is 17.6 Å². The van der Waals surface area contributed by atoms with Crippen LogP contribution in [0.4, 0.5) is 5.69 Å². The number of benzene rings is 2. The Morgan fingerprint density at radius 2 is 1.62 bits per heavy atom. The number of hydrogen-bond donors (Lipinski definition) is 1. The third-order valence-electron chi connectivity index (χ3n) is 2.68. The smallest absolute Gasteiger partial charge is 0.262 e. The van der Waals surface area contributed by atoms with Crippen LogP contribution in [0.1, 0.15) is 5.56 Å². The highest BCUT2D eigenvalue weighted by Crippen LogP contribution is 2.30. The third-order valence-corrected chi connectivity index (χ3v) is 6.99. The highest BCUT2D eigenvalue weighted by Gasteiger charge is 2.20. The second kappa shape index (κ2) is 7.18. The van der Waals surface area contributed by atoms with Gasteiger partial charge in [-0.1, -0.05) is 22.0 Å². The molecule has 0 fully saturated rings. The molecule has 0 bridgehead atoms. The van der Waals surface area contributed by atoms with Crippen LogP contribution in [0.5, 0.6) is 0 Å². The summed E-state index contributed by atoms with van der Waals surface area (Å²) in [6.45, 7) is 1.78. The molecule has 0 saturated carbocycles. The molecule has 2 rings (SSSR count). The summed E-state index contributed by atoms with van der Waals surface area (Å²) < 4.78 is 31.5. The van der Waals surface area contributed by atoms with E-state index in [-0.39, 0.29) is 4.90 Å². The van der Waals surface area contributed by atoms with E-state index in [4.69, 9.17) is 0 Å². The zero-order valence-electron chi connectivity index (χ0n) is 10.6. The number of sulfonamides is 1. The molecule has 2 aromatic carbocycles. The summed E-state index contributed by atoms with van der Waals surface area (Å²) in [7, 11) is -3.62. The lowest BCUT2D eigenvalue weighted by Crippen LogP contribution is -2.16. The van der Waals surface area contributed by atoms with Crippen molar-refractivity contribution in [3.63, 3.8) is 0 Å². The summed E-state index contributed by atoms with van der Waals surface area (Å²) in [5, 5.41) is 0. The summed E-state index contributed by atoms with van der Waals surface area (Å²) in [4.78, 5) is 0.280. The van der Waals surface area contributed by atoms with Gasteiger partial charge in [0, 0.05) is 15.2 Å². The van der Waals surface area contributed by atoms with Gasteiger partial charge in [0.15, 0.2) is 0 Å². The van der Waals surface area contributed by atoms with E-state index in [1.54, 1.807) is 19.1 Å². The summed E-state index contributed by atoms with van der Waals surface area (Å²) in [6, 6.07) is 9.10. The van der Waals surface area contributed by atoms with Gasteiger partial charge in [-0.3, -0.25) is 4.72 Å². The van der Waals surface area contributed by atoms with Gasteiger partial charge in [-0.25, -0.2) is 8.42 Å². The van der Waals surface area contributed by atoms with E-state index < -0.39 is 10.0 Å². The molecule has 112 valence electrons. The van der Waals surface area contributed by atoms with Crippen molar-refractivity contribution in [2.75, 3.05) is 4.72 Å². The van der Waals surface area contributed by atoms with Crippen molar-refractivity contribution in [1.29, 1.82) is 0 Å². The largest absolute Gasteiger partial charge is 0.277 e. The van der Waals surface area contributed by atoms with E-state index in [2.05, 4.69) is 88.4 Å². The molecule has 2 aromatic rings. The standard InChI is InChI=1S/C13H9BrI3NO2S/c1-7-2-3-8(14)4-12(7)21(19,20)18-13-10(16)5-9(15)6-11(13)17/h2-6,18H,1H3. The van der Waals surface area contributed by atoms with Crippen LogP contribution in [0.25, 0.3) is 0 Å². The maximum Gasteiger partial charge on any atom is 0.262 e. The molecule has 3 nitrogen and oxygen atoms in total. The average molecular weight is 704 g/mol. The maximum absolute atomic E-state index is 12.6. The molecule has 0 aliphatic heterocycles. The maximum atomic E-state index is 12.6. The summed E-state index contributed by atoms with van der Waals surface area (Å²) in [6.07, 6.45) is 0. The first-order valence-corrected chi connectivity index (χ1v) is 11.2. The third kappa shape index (κ3) is 4.44. The predicted molar refractivity (Wildman–Crippen MR) is 114 cm³/mol. The van der Waals surface area contributed by atoms with Gasteiger partial charge in [0.1, 0.15) is 0 Å². The van der Waals surface area contributed by atoms with Crippen LogP contribution in [0.15, 0.2) is 39.7 Å². The fraction of sp³-hybridized carbons (Fsp3) is 0.0769. The van der Waals surface area contributed by atoms with Gasteiger partial charge >= 0.3 is 0 Å². The first kappa shape index (κ1) is 18.2. The van der Waals surface area contributed by atoms with Crippen molar-refractivity contribution in [1.82, 2.24) is 0 Å². The summed E-state index contributed by atoms with van der Waals surface area (Å²) >= 11 is 9.81. The highest BCUT2D eigenvalue weighted by atomic mass is 127. The van der Waals surface area contributed by atoms with Crippen LogP contribution in [-0.4, -0.2) is 8.42 Å². The molecule has 0 saturated heterocycles. The minimum Gasteiger partial charge on any atom is -0.277 e. The topological polar surface area (TPSA) is 46.2 Å². The van der Waals surface area contributed by atoms with Gasteiger partial charge in [0.05, 0.1) is 10.6 Å². The zero-order valence-corrected chi connectivity index (χ0v) is 19.5. The number of hydrogen-bond acceptors (Lipinski definition) is 2. The molecule has 21 heavy (non-hydrogen) atoms. The zero-order chi connectivity index (χ0) is 15.8. The molecule has 0 aliphatic rings. The monoisotopic (exact) mass is 703 g/mol. The quantitative estimate of drug-likeness (QED) is 0.438. The number of rotatable bonds is 3. The first-order chi connectivity index (χ1) is 9.70. The van der Waals surface area contributed by atoms with E-state index in [0.717, 1.165) is 15.2 Å². The second-order valence-corrected chi connectivity index (χ2v) is 10.4. The SMILES string of the molecule is Cc1ccc(Br)cc1S(=O)(=O)Nc1c(I)cc(I)cc1I. The van der Waals surface area contributed by atoms with Crippen molar-refractivity contribution in [3.05, 3.63) is 51.1 Å². The van der Waals surface area contributed by atoms with Crippen molar-refractivity contribution >= 4 is 99.4 Å². The van der Waals surface area contributed by atoms with Crippen LogP contribution in [0.3, 0.4) is 0 Å². The Hall–Kier alpha value is 0.860. The number of aryl methyl sites for hydroxylation is 1. The van der Waals surface area contributed by atoms with Crippen molar-refractivity contribution < 1.29 is 8.42 Å². The van der Waals surface area contributed by atoms with Gasteiger partial charge in [-0.15, -0.1) is 0 Å². The molecular weight excluding hydrogens is 695 g/mol. The van der Waals surface area contributed by atoms with Gasteiger partial charge in [0.25, 0.3) is 10.0 Å². The Balaban J connectivity index is 2.50. The van der Waals surface area contributed by atoms with Crippen LogP contribution >= 0.6 is 83.7 Å². The molecule has 0 heterocycles. The van der Waals surface area contributed by atoms with Crippen LogP contribution in [-0.2, 0) is 10.0 Å². The average Bonchev–Trinajstić information content (AvgIpc) is 2.36. The normalized spacial score (nSPS) is 11.5. The Kier molecular flexibility index (Phi) is 6.22. The molecule has 0 aromatic heterocycles. The van der Waals surface area contributed by atoms with Gasteiger partial charge in [-0.2, -0.15) is 0 Å². The molecule has 0 atom stereocenters. The second-order valence-electron chi connectivity index (χ2n) is 4.26. The number of nitrogens with one attached hydrogen (secondary N) is 1. The lowest BCUT2D eigenvalue weighted by molar-refractivity contribution is 0.600. The highest BCUT2D eigenvalue weighted by molar-refractivity contribution is 14.1. The fourth-order valence-corrected chi connectivity index (χ4v) is 7.80. The van der Waals surface area contributed by atoms with E-state index in [9.17, 15) is 8.42 Å². The van der Waals surface area contributed by atoms with Gasteiger partial charge in [0.2, 0.25) is 0 Å². The first-order valence-electron chi connectivity index (χ1n) is 5.64. The van der Waals surface area contributed by atoms with Crippen LogP contribution < -0.4 is 4.72 Å². The Labute approximate surface area is 173 Å². The van der Waals surface area contributed by atoms with Crippen molar-refractivity contribution in [2.24, 2.45) is 0 Å². The van der Waals surface area contributed by atoms with Crippen LogP contribution in [0.2, 0.25) is 0 Å². The lowest BCUT2D eigenvalue weighted by atomic mass is 10.2. The lowest BCUT2D eigenvalue weighted by Gasteiger charge is -2.14. The fourth-order valence-electron chi connectivity index (χ4n) is 1.69. The number of anilines is 1. The van der Waals surface area contributed by atoms with Gasteiger partial charge < -0.3 is 0 Å². The minimum atomic E-state index is -3.62. The molecule has 0 spiro atoms. The molecular formula is C13H9BrI3NO2S. The van der Waals surface area contributed by atoms with E-state index in [0.29, 0.717) is 11.3 Å². The minimum absolute atomic E-state index is 0.280. The molecule has 0 aliphatic carbocycles. The molecule has 0 amide bonds. The Morgan fingerprint density at radius 3 is 2.19 bits per heavy atom. The molecule has 0 unspecified atom stereocenters. The number of halogens is 4. The van der Waals surface area contributed by atoms with Crippen molar-refractivity contribution in [2.45, 2.75) is 11.8 Å². The van der Waals surface area contributed by atoms with Crippen molar-refractivity contribution in [3.8, 4) is 0 Å². The molecule has 0 radical (unpaired) electrons. The van der Waals surface area contributed by atoms with E-state index >= 15 is 0 Å². The summed E-state index contributed by atoms with van der Waals surface area (Å²) in [5.41, 5.74) is 1.33. The Bertz CT molecular complexity index is 786. The van der Waals surface area contributed by atoms with Gasteiger partial charge in [-0.05, 0) is 105 Å².